The van der Waals surface area contributed by atoms with Crippen LogP contribution in [0.25, 0.3) is 0 Å². The molecular weight excluding hydrogens is 1180 g/mol. The smallest absolute Gasteiger partial charge is 0.200 e. The van der Waals surface area contributed by atoms with Gasteiger partial charge in [0.15, 0.2) is 0 Å². The van der Waals surface area contributed by atoms with Crippen molar-refractivity contribution in [3.05, 3.63) is 0 Å². The maximum Gasteiger partial charge on any atom is 0.441 e. The average molecular weight is 1190 g/mol. The fourth-order valence-corrected chi connectivity index (χ4v) is 4.84. The molecular formula is C24H8F42O4S. The molecule has 428 valence electrons. The molecule has 0 heterocycles. The van der Waals surface area contributed by atoms with Gasteiger partial charge in [0.05, 0.1) is 0 Å². The number of hydrogen-bond acceptors (Lipinski definition) is 4. The van der Waals surface area contributed by atoms with Crippen molar-refractivity contribution in [1.82, 2.24) is 0 Å². The van der Waals surface area contributed by atoms with Crippen LogP contribution < -0.4 is 0 Å². The molecule has 71 heavy (non-hydrogen) atoms. The fraction of sp³-hybridized carbons (Fsp3) is 1.00. The van der Waals surface area contributed by atoms with Crippen molar-refractivity contribution in [2.75, 3.05) is 0 Å². The van der Waals surface area contributed by atoms with Gasteiger partial charge in [-0.05, 0) is 0 Å². The first-order valence-electron chi connectivity index (χ1n) is 15.4. The van der Waals surface area contributed by atoms with Crippen molar-refractivity contribution < 1.29 is 201 Å². The van der Waals surface area contributed by atoms with Crippen molar-refractivity contribution in [3.8, 4) is 0 Å². The summed E-state index contributed by atoms with van der Waals surface area (Å²) >= 11 is 0. The van der Waals surface area contributed by atoms with Crippen LogP contribution in [0.1, 0.15) is 25.7 Å². The van der Waals surface area contributed by atoms with Gasteiger partial charge in [-0.25, -0.2) is 0 Å². The molecule has 0 fully saturated rings. The van der Waals surface area contributed by atoms with Crippen LogP contribution in [0.4, 0.5) is 184 Å². The molecule has 47 heteroatoms. The third-order valence-electron chi connectivity index (χ3n) is 8.24. The highest BCUT2D eigenvalue weighted by Crippen LogP contribution is 2.68. The molecule has 0 radical (unpaired) electrons. The van der Waals surface area contributed by atoms with Crippen molar-refractivity contribution >= 4 is 10.4 Å². The predicted octanol–water partition coefficient (Wildman–Crippen LogP) is 14.3. The van der Waals surface area contributed by atoms with E-state index in [1.807, 2.05) is 0 Å². The van der Waals surface area contributed by atoms with Crippen LogP contribution in [0.15, 0.2) is 0 Å². The standard InChI is InChI=1S/C24H8F42O4S/c25-5(26,1-3-7(29,30)31)9(35,36)11(39,40)13(43,44)15(47,48)17(51,52)19(55,56)21(59,60)23(63,64)69-71(67,68)70-24(65,66)22(61,62)20(57,58)18(53,54)16(49,50)14(45,46)12(41,42)10(37,38)6(27,28)2-4-8(32,33)34/h1-4H2. The zero-order valence-electron chi connectivity index (χ0n) is 30.7. The van der Waals surface area contributed by atoms with Crippen molar-refractivity contribution in [2.24, 2.45) is 0 Å². The Morgan fingerprint density at radius 2 is 0.352 bits per heavy atom. The van der Waals surface area contributed by atoms with E-state index in [0.29, 0.717) is 0 Å². The Bertz CT molecular complexity index is 1850. The van der Waals surface area contributed by atoms with Gasteiger partial charge in [-0.1, -0.05) is 0 Å². The molecule has 0 aliphatic carbocycles. The van der Waals surface area contributed by atoms with E-state index >= 15 is 0 Å². The summed E-state index contributed by atoms with van der Waals surface area (Å²) in [6.07, 6.45) is -46.3. The van der Waals surface area contributed by atoms with Crippen LogP contribution in [-0.4, -0.2) is 128 Å². The summed E-state index contributed by atoms with van der Waals surface area (Å²) in [4.78, 5) is 0. The van der Waals surface area contributed by atoms with Crippen molar-refractivity contribution in [3.63, 3.8) is 0 Å². The van der Waals surface area contributed by atoms with Gasteiger partial charge in [0.25, 0.3) is 0 Å². The van der Waals surface area contributed by atoms with Gasteiger partial charge in [0.1, 0.15) is 0 Å². The Hall–Kier alpha value is -3.07. The molecule has 0 amide bonds. The third-order valence-corrected chi connectivity index (χ3v) is 9.07. The van der Waals surface area contributed by atoms with Gasteiger partial charge in [-0.15, -0.1) is 0 Å². The first-order valence-corrected chi connectivity index (χ1v) is 16.8. The molecule has 0 saturated carbocycles. The SMILES string of the molecule is O=S(=O)(OC(F)(F)C(F)(F)C(F)(F)C(F)(F)C(F)(F)C(F)(F)C(F)(F)C(F)(F)C(F)(F)CCC(F)(F)F)OC(F)(F)C(F)(F)C(F)(F)C(F)(F)C(F)(F)C(F)(F)C(F)(F)C(F)(F)C(F)(F)CCC(F)(F)F. The quantitative estimate of drug-likeness (QED) is 0.0904. The van der Waals surface area contributed by atoms with E-state index in [0.717, 1.165) is 8.37 Å². The maximum atomic E-state index is 14.0. The second-order valence-electron chi connectivity index (χ2n) is 13.3. The first-order chi connectivity index (χ1) is 29.8. The normalized spacial score (nSPS) is 17.0. The molecule has 4 nitrogen and oxygen atoms in total. The highest BCUT2D eigenvalue weighted by molar-refractivity contribution is 7.81. The molecule has 0 atom stereocenters. The molecule has 0 aliphatic heterocycles. The fourth-order valence-electron chi connectivity index (χ4n) is 4.09. The van der Waals surface area contributed by atoms with Gasteiger partial charge < -0.3 is 0 Å². The minimum atomic E-state index is -9.98. The summed E-state index contributed by atoms with van der Waals surface area (Å²) in [5, 5.41) is 0. The summed E-state index contributed by atoms with van der Waals surface area (Å²) in [6.45, 7) is 0. The lowest BCUT2D eigenvalue weighted by Gasteiger charge is -2.44. The minimum absolute atomic E-state index is 0.920. The van der Waals surface area contributed by atoms with Crippen LogP contribution >= 0.6 is 0 Å². The molecule has 0 spiro atoms. The van der Waals surface area contributed by atoms with E-state index in [2.05, 4.69) is 0 Å². The van der Waals surface area contributed by atoms with Gasteiger partial charge in [0, 0.05) is 25.7 Å². The van der Waals surface area contributed by atoms with Crippen molar-refractivity contribution in [2.45, 2.75) is 145 Å². The Morgan fingerprint density at radius 1 is 0.211 bits per heavy atom. The summed E-state index contributed by atoms with van der Waals surface area (Å²) in [6, 6.07) is 0. The van der Waals surface area contributed by atoms with Gasteiger partial charge in [-0.2, -0.15) is 201 Å². The zero-order valence-corrected chi connectivity index (χ0v) is 31.6. The Balaban J connectivity index is 7.40. The van der Waals surface area contributed by atoms with E-state index in [1.165, 1.54) is 0 Å². The highest BCUT2D eigenvalue weighted by atomic mass is 32.3. The minimum Gasteiger partial charge on any atom is -0.200 e. The Morgan fingerprint density at radius 3 is 0.507 bits per heavy atom. The molecule has 0 unspecified atom stereocenters. The van der Waals surface area contributed by atoms with Gasteiger partial charge >= 0.3 is 130 Å². The van der Waals surface area contributed by atoms with Crippen LogP contribution in [0.3, 0.4) is 0 Å². The average Bonchev–Trinajstić information content (AvgIpc) is 3.10. The van der Waals surface area contributed by atoms with Crippen LogP contribution in [0, 0.1) is 0 Å². The van der Waals surface area contributed by atoms with Crippen LogP contribution in [0.5, 0.6) is 0 Å². The van der Waals surface area contributed by atoms with E-state index in [-0.39, 0.29) is 0 Å². The molecule has 0 aromatic heterocycles. The molecule has 0 aromatic rings. The van der Waals surface area contributed by atoms with Crippen LogP contribution in [0.2, 0.25) is 0 Å². The molecule has 0 rings (SSSR count). The maximum absolute atomic E-state index is 14.0. The Kier molecular flexibility index (Phi) is 16.7. The van der Waals surface area contributed by atoms with E-state index in [4.69, 9.17) is 0 Å². The molecule has 0 bridgehead atoms. The lowest BCUT2D eigenvalue weighted by atomic mass is 9.86. The monoisotopic (exact) mass is 1190 g/mol. The van der Waals surface area contributed by atoms with Crippen molar-refractivity contribution in [1.29, 1.82) is 0 Å². The molecule has 0 aliphatic rings. The zero-order chi connectivity index (χ0) is 58.7. The molecule has 0 N–H and O–H groups in total. The third kappa shape index (κ3) is 10.1. The number of halogens is 42. The molecule has 0 aromatic carbocycles. The first kappa shape index (κ1) is 67.9. The summed E-state index contributed by atoms with van der Waals surface area (Å²) in [5.74, 6) is -150. The number of rotatable bonds is 24. The van der Waals surface area contributed by atoms with E-state index < -0.39 is 155 Å². The topological polar surface area (TPSA) is 52.6 Å². The summed E-state index contributed by atoms with van der Waals surface area (Å²) < 4.78 is 595. The molecule has 0 saturated heterocycles. The number of alkyl halides is 42. The van der Waals surface area contributed by atoms with Gasteiger partial charge in [0.2, 0.25) is 0 Å². The Labute approximate surface area is 357 Å². The van der Waals surface area contributed by atoms with Gasteiger partial charge in [-0.3, -0.25) is 0 Å². The predicted molar refractivity (Wildman–Crippen MR) is 131 cm³/mol. The van der Waals surface area contributed by atoms with E-state index in [1.54, 1.807) is 0 Å². The van der Waals surface area contributed by atoms with E-state index in [9.17, 15) is 193 Å². The van der Waals surface area contributed by atoms with Crippen LogP contribution in [-0.2, 0) is 18.8 Å². The summed E-state index contributed by atoms with van der Waals surface area (Å²) in [5.41, 5.74) is 0. The second kappa shape index (κ2) is 17.5. The second-order valence-corrected chi connectivity index (χ2v) is 14.4. The lowest BCUT2D eigenvalue weighted by Crippen LogP contribution is -2.76. The largest absolute Gasteiger partial charge is 0.441 e. The number of hydrogen-bond donors (Lipinski definition) is 0. The lowest BCUT2D eigenvalue weighted by molar-refractivity contribution is -0.475. The highest BCUT2D eigenvalue weighted by Gasteiger charge is 2.99. The summed E-state index contributed by atoms with van der Waals surface area (Å²) in [7, 11) is -9.61.